The summed E-state index contributed by atoms with van der Waals surface area (Å²) < 4.78 is 18.6. The Labute approximate surface area is 121 Å². The molecule has 0 heterocycles. The van der Waals surface area contributed by atoms with Crippen LogP contribution in [0.4, 0.5) is 0 Å². The number of hydrogen-bond donors (Lipinski definition) is 0. The Balaban J connectivity index is -0.0000000370. The van der Waals surface area contributed by atoms with E-state index in [1.165, 1.54) is 0 Å². The van der Waals surface area contributed by atoms with Gasteiger partial charge in [0.2, 0.25) is 0 Å². The van der Waals surface area contributed by atoms with E-state index in [0.717, 1.165) is 0 Å². The first-order chi connectivity index (χ1) is 5.83. The van der Waals surface area contributed by atoms with Crippen LogP contribution in [-0.4, -0.2) is 77.9 Å². The van der Waals surface area contributed by atoms with Gasteiger partial charge in [0, 0.05) is 28.4 Å². The van der Waals surface area contributed by atoms with Gasteiger partial charge in [-0.05, 0) is 0 Å². The Bertz CT molecular complexity index is 56.6. The molecule has 0 atom stereocenters. The number of ether oxygens (including phenoxy) is 4. The Hall–Kier alpha value is 1.19. The molecule has 4 nitrogen and oxygen atoms in total. The van der Waals surface area contributed by atoms with Crippen LogP contribution in [0.15, 0.2) is 0 Å². The molecule has 0 aliphatic carbocycles. The first-order valence-electron chi connectivity index (χ1n) is 3.79. The van der Waals surface area contributed by atoms with Crippen molar-refractivity contribution < 1.29 is 43.8 Å². The van der Waals surface area contributed by atoms with Crippen molar-refractivity contribution in [3.63, 3.8) is 0 Å². The molecule has 7 heteroatoms. The molecule has 0 saturated carbocycles. The normalized spacial score (nSPS) is 7.20. The van der Waals surface area contributed by atoms with Crippen LogP contribution in [-0.2, 0) is 18.9 Å². The monoisotopic (exact) mass is 274 g/mol. The van der Waals surface area contributed by atoms with Crippen molar-refractivity contribution >= 4 is 23.1 Å². The van der Waals surface area contributed by atoms with E-state index in [1.54, 1.807) is 28.4 Å². The summed E-state index contributed by atoms with van der Waals surface area (Å²) in [6.45, 7) is 2.76. The van der Waals surface area contributed by atoms with Crippen molar-refractivity contribution in [1.82, 2.24) is 0 Å². The molecule has 0 aromatic carbocycles. The van der Waals surface area contributed by atoms with Gasteiger partial charge < -0.3 is 43.8 Å². The Morgan fingerprint density at radius 2 is 0.667 bits per heavy atom. The SMILES string of the molecule is COCCOC.COCCOC.[Cl-].[Cl-].[Mg+2]. The molecule has 92 valence electrons. The minimum absolute atomic E-state index is 0. The average Bonchev–Trinajstić information content (AvgIpc) is 2.12. The van der Waals surface area contributed by atoms with E-state index in [2.05, 4.69) is 18.9 Å². The van der Waals surface area contributed by atoms with Gasteiger partial charge in [0.05, 0.1) is 26.4 Å². The van der Waals surface area contributed by atoms with Crippen molar-refractivity contribution in [2.24, 2.45) is 0 Å². The van der Waals surface area contributed by atoms with Crippen molar-refractivity contribution in [3.8, 4) is 0 Å². The van der Waals surface area contributed by atoms with Crippen LogP contribution in [0.25, 0.3) is 0 Å². The van der Waals surface area contributed by atoms with E-state index < -0.39 is 0 Å². The smallest absolute Gasteiger partial charge is 1.00 e. The molecular weight excluding hydrogens is 255 g/mol. The second-order valence-corrected chi connectivity index (χ2v) is 1.97. The van der Waals surface area contributed by atoms with Crippen molar-refractivity contribution in [1.29, 1.82) is 0 Å². The van der Waals surface area contributed by atoms with E-state index in [9.17, 15) is 0 Å². The first-order valence-corrected chi connectivity index (χ1v) is 3.79. The summed E-state index contributed by atoms with van der Waals surface area (Å²) >= 11 is 0. The summed E-state index contributed by atoms with van der Waals surface area (Å²) in [7, 11) is 6.61. The van der Waals surface area contributed by atoms with Gasteiger partial charge >= 0.3 is 23.1 Å². The fourth-order valence-corrected chi connectivity index (χ4v) is 0.333. The predicted molar refractivity (Wildman–Crippen MR) is 53.3 cm³/mol. The van der Waals surface area contributed by atoms with E-state index in [0.29, 0.717) is 26.4 Å². The van der Waals surface area contributed by atoms with Crippen LogP contribution in [0, 0.1) is 0 Å². The van der Waals surface area contributed by atoms with E-state index in [-0.39, 0.29) is 47.9 Å². The van der Waals surface area contributed by atoms with Gasteiger partial charge in [-0.1, -0.05) is 0 Å². The van der Waals surface area contributed by atoms with E-state index in [4.69, 9.17) is 0 Å². The second-order valence-electron chi connectivity index (χ2n) is 1.97. The summed E-state index contributed by atoms with van der Waals surface area (Å²) in [6, 6.07) is 0. The third-order valence-electron chi connectivity index (χ3n) is 0.983. The van der Waals surface area contributed by atoms with E-state index in [1.807, 2.05) is 0 Å². The second kappa shape index (κ2) is 36.2. The first kappa shape index (κ1) is 29.8. The molecule has 0 spiro atoms. The number of halogens is 2. The van der Waals surface area contributed by atoms with Crippen LogP contribution < -0.4 is 24.8 Å². The predicted octanol–water partition coefficient (Wildman–Crippen LogP) is -5.81. The number of hydrogen-bond acceptors (Lipinski definition) is 4. The Morgan fingerprint density at radius 3 is 0.733 bits per heavy atom. The fraction of sp³-hybridized carbons (Fsp3) is 1.00. The molecule has 0 aromatic heterocycles. The maximum absolute atomic E-state index is 4.66. The van der Waals surface area contributed by atoms with Crippen LogP contribution >= 0.6 is 0 Å². The third-order valence-corrected chi connectivity index (χ3v) is 0.983. The molecule has 0 saturated heterocycles. The Kier molecular flexibility index (Phi) is 72.0. The van der Waals surface area contributed by atoms with Gasteiger partial charge in [-0.2, -0.15) is 0 Å². The van der Waals surface area contributed by atoms with Gasteiger partial charge in [-0.25, -0.2) is 0 Å². The van der Waals surface area contributed by atoms with Gasteiger partial charge in [-0.3, -0.25) is 0 Å². The molecule has 0 amide bonds. The van der Waals surface area contributed by atoms with Crippen molar-refractivity contribution in [2.45, 2.75) is 0 Å². The van der Waals surface area contributed by atoms with Gasteiger partial charge in [0.1, 0.15) is 0 Å². The third kappa shape index (κ3) is 51.1. The molecule has 0 unspecified atom stereocenters. The summed E-state index contributed by atoms with van der Waals surface area (Å²) in [5, 5.41) is 0. The molecule has 0 radical (unpaired) electrons. The fourth-order valence-electron chi connectivity index (χ4n) is 0.333. The maximum atomic E-state index is 4.66. The molecule has 15 heavy (non-hydrogen) atoms. The number of rotatable bonds is 6. The molecule has 0 aliphatic heterocycles. The van der Waals surface area contributed by atoms with Crippen LogP contribution in [0.1, 0.15) is 0 Å². The molecule has 0 aromatic rings. The topological polar surface area (TPSA) is 36.9 Å². The van der Waals surface area contributed by atoms with Crippen LogP contribution in [0.3, 0.4) is 0 Å². The molecule has 0 aliphatic rings. The average molecular weight is 275 g/mol. The minimum Gasteiger partial charge on any atom is -1.00 e. The van der Waals surface area contributed by atoms with Crippen LogP contribution in [0.5, 0.6) is 0 Å². The standard InChI is InChI=1S/2C4H10O2.2ClH.Mg/c2*1-5-3-4-6-2;;;/h2*3-4H2,1-2H3;2*1H;/q;;;;+2/p-2. The maximum Gasteiger partial charge on any atom is 2.00 e. The molecule has 0 fully saturated rings. The van der Waals surface area contributed by atoms with Crippen molar-refractivity contribution in [3.05, 3.63) is 0 Å². The van der Waals surface area contributed by atoms with E-state index >= 15 is 0 Å². The van der Waals surface area contributed by atoms with Crippen molar-refractivity contribution in [2.75, 3.05) is 54.9 Å². The van der Waals surface area contributed by atoms with Gasteiger partial charge in [0.25, 0.3) is 0 Å². The molecule has 0 rings (SSSR count). The van der Waals surface area contributed by atoms with Gasteiger partial charge in [0.15, 0.2) is 0 Å². The molecular formula is C8H20Cl2MgO4. The van der Waals surface area contributed by atoms with Gasteiger partial charge in [-0.15, -0.1) is 0 Å². The summed E-state index contributed by atoms with van der Waals surface area (Å²) in [4.78, 5) is 0. The molecule has 0 bridgehead atoms. The zero-order valence-electron chi connectivity index (χ0n) is 9.92. The largest absolute Gasteiger partial charge is 2.00 e. The summed E-state index contributed by atoms with van der Waals surface area (Å²) in [6.07, 6.45) is 0. The zero-order valence-corrected chi connectivity index (χ0v) is 12.9. The summed E-state index contributed by atoms with van der Waals surface area (Å²) in [5.74, 6) is 0. The Morgan fingerprint density at radius 1 is 0.533 bits per heavy atom. The number of methoxy groups -OCH3 is 4. The quantitative estimate of drug-likeness (QED) is 0.357. The molecule has 0 N–H and O–H groups in total. The minimum atomic E-state index is 0. The summed E-state index contributed by atoms with van der Waals surface area (Å²) in [5.41, 5.74) is 0. The zero-order chi connectivity index (χ0) is 9.66. The van der Waals surface area contributed by atoms with Crippen LogP contribution in [0.2, 0.25) is 0 Å².